The lowest BCUT2D eigenvalue weighted by Gasteiger charge is -1.95. The summed E-state index contributed by atoms with van der Waals surface area (Å²) < 4.78 is 5.79. The first-order chi connectivity index (χ1) is 9.06. The largest absolute Gasteiger partial charge is 0.433 e. The molecule has 0 saturated heterocycles. The summed E-state index contributed by atoms with van der Waals surface area (Å²) in [5.74, 6) is -0.292. The van der Waals surface area contributed by atoms with Crippen LogP contribution in [0, 0.1) is 10.1 Å². The van der Waals surface area contributed by atoms with E-state index < -0.39 is 4.92 Å². The van der Waals surface area contributed by atoms with Crippen molar-refractivity contribution in [3.05, 3.63) is 68.4 Å². The van der Waals surface area contributed by atoms with Gasteiger partial charge in [-0.1, -0.05) is 15.9 Å². The summed E-state index contributed by atoms with van der Waals surface area (Å²) in [5, 5.41) is 10.4. The van der Waals surface area contributed by atoms with Crippen LogP contribution in [-0.4, -0.2) is 10.7 Å². The first-order valence-electron chi connectivity index (χ1n) is 5.28. The second-order valence-corrected chi connectivity index (χ2v) is 4.55. The molecule has 6 heteroatoms. The van der Waals surface area contributed by atoms with Crippen molar-refractivity contribution in [2.75, 3.05) is 0 Å². The van der Waals surface area contributed by atoms with Gasteiger partial charge in [-0.3, -0.25) is 14.9 Å². The quantitative estimate of drug-likeness (QED) is 0.371. The van der Waals surface area contributed by atoms with Gasteiger partial charge in [-0.05, 0) is 42.5 Å². The number of nitrogens with zero attached hydrogens (tertiary/aromatic N) is 1. The fraction of sp³-hybridized carbons (Fsp3) is 0. The van der Waals surface area contributed by atoms with Crippen molar-refractivity contribution in [2.45, 2.75) is 0 Å². The number of allylic oxidation sites excluding steroid dienone is 1. The zero-order valence-electron chi connectivity index (χ0n) is 9.58. The predicted molar refractivity (Wildman–Crippen MR) is 72.9 cm³/mol. The lowest BCUT2D eigenvalue weighted by atomic mass is 10.1. The van der Waals surface area contributed by atoms with Crippen molar-refractivity contribution in [1.29, 1.82) is 0 Å². The molecule has 0 atom stereocenters. The van der Waals surface area contributed by atoms with Gasteiger partial charge in [-0.15, -0.1) is 0 Å². The van der Waals surface area contributed by atoms with Crippen LogP contribution in [-0.2, 0) is 0 Å². The highest BCUT2D eigenvalue weighted by atomic mass is 79.9. The number of rotatable bonds is 4. The monoisotopic (exact) mass is 321 g/mol. The molecule has 1 aromatic carbocycles. The minimum atomic E-state index is -0.631. The number of carbonyl (C=O) groups excluding carboxylic acids is 1. The van der Waals surface area contributed by atoms with E-state index in [1.54, 1.807) is 24.3 Å². The third kappa shape index (κ3) is 3.38. The minimum absolute atomic E-state index is 0.202. The summed E-state index contributed by atoms with van der Waals surface area (Å²) in [7, 11) is 0. The lowest BCUT2D eigenvalue weighted by Crippen LogP contribution is -1.92. The maximum Gasteiger partial charge on any atom is 0.433 e. The normalized spacial score (nSPS) is 10.8. The van der Waals surface area contributed by atoms with E-state index in [1.165, 1.54) is 24.3 Å². The number of benzene rings is 1. The molecule has 0 bridgehead atoms. The number of hydrogen-bond acceptors (Lipinski definition) is 4. The molecule has 0 aliphatic rings. The van der Waals surface area contributed by atoms with Gasteiger partial charge in [0, 0.05) is 10.0 Å². The molecule has 0 fully saturated rings. The van der Waals surface area contributed by atoms with Crippen LogP contribution in [0.15, 0.2) is 51.4 Å². The molecule has 0 spiro atoms. The molecule has 0 saturated carbocycles. The Hall–Kier alpha value is -2.21. The number of hydrogen-bond donors (Lipinski definition) is 0. The average Bonchev–Trinajstić information content (AvgIpc) is 2.86. The zero-order valence-corrected chi connectivity index (χ0v) is 11.2. The second kappa shape index (κ2) is 5.62. The summed E-state index contributed by atoms with van der Waals surface area (Å²) in [5.41, 5.74) is 0.528. The molecule has 1 heterocycles. The third-order valence-electron chi connectivity index (χ3n) is 2.32. The third-order valence-corrected chi connectivity index (χ3v) is 2.85. The van der Waals surface area contributed by atoms with Crippen molar-refractivity contribution in [2.24, 2.45) is 0 Å². The Labute approximate surface area is 116 Å². The fourth-order valence-electron chi connectivity index (χ4n) is 1.40. The Balaban J connectivity index is 2.11. The lowest BCUT2D eigenvalue weighted by molar-refractivity contribution is -0.402. The van der Waals surface area contributed by atoms with E-state index in [9.17, 15) is 14.9 Å². The molecule has 19 heavy (non-hydrogen) atoms. The number of furan rings is 1. The highest BCUT2D eigenvalue weighted by Gasteiger charge is 2.10. The van der Waals surface area contributed by atoms with Gasteiger partial charge in [-0.25, -0.2) is 0 Å². The molecule has 0 aliphatic heterocycles. The van der Waals surface area contributed by atoms with Gasteiger partial charge < -0.3 is 4.42 Å². The Morgan fingerprint density at radius 1 is 1.21 bits per heavy atom. The molecule has 0 unspecified atom stereocenters. The highest BCUT2D eigenvalue weighted by molar-refractivity contribution is 9.10. The van der Waals surface area contributed by atoms with Gasteiger partial charge >= 0.3 is 5.88 Å². The van der Waals surface area contributed by atoms with E-state index in [0.717, 1.165) is 4.47 Å². The smallest absolute Gasteiger partial charge is 0.401 e. The minimum Gasteiger partial charge on any atom is -0.401 e. The standard InChI is InChI=1S/C13H8BrNO4/c14-10-3-1-9(2-4-10)12(16)7-5-11-6-8-13(19-11)15(17)18/h1-8H. The van der Waals surface area contributed by atoms with Gasteiger partial charge in [0.15, 0.2) is 5.78 Å². The maximum absolute atomic E-state index is 11.8. The highest BCUT2D eigenvalue weighted by Crippen LogP contribution is 2.17. The van der Waals surface area contributed by atoms with Crippen molar-refractivity contribution < 1.29 is 14.1 Å². The average molecular weight is 322 g/mol. The first kappa shape index (κ1) is 13.2. The summed E-state index contributed by atoms with van der Waals surface area (Å²) in [6.07, 6.45) is 2.71. The Kier molecular flexibility index (Phi) is 3.91. The Morgan fingerprint density at radius 3 is 2.47 bits per heavy atom. The molecule has 0 aliphatic carbocycles. The van der Waals surface area contributed by atoms with Crippen molar-refractivity contribution in [1.82, 2.24) is 0 Å². The van der Waals surface area contributed by atoms with Crippen LogP contribution < -0.4 is 0 Å². The van der Waals surface area contributed by atoms with E-state index >= 15 is 0 Å². The van der Waals surface area contributed by atoms with Crippen LogP contribution in [0.1, 0.15) is 16.1 Å². The van der Waals surface area contributed by atoms with E-state index in [1.807, 2.05) is 0 Å². The molecule has 0 radical (unpaired) electrons. The molecule has 2 rings (SSSR count). The van der Waals surface area contributed by atoms with Crippen LogP contribution in [0.3, 0.4) is 0 Å². The fourth-order valence-corrected chi connectivity index (χ4v) is 1.66. The van der Waals surface area contributed by atoms with E-state index in [4.69, 9.17) is 4.42 Å². The second-order valence-electron chi connectivity index (χ2n) is 3.64. The summed E-state index contributed by atoms with van der Waals surface area (Å²) in [4.78, 5) is 21.6. The van der Waals surface area contributed by atoms with Gasteiger partial charge in [-0.2, -0.15) is 0 Å². The molecular formula is C13H8BrNO4. The van der Waals surface area contributed by atoms with Crippen molar-refractivity contribution in [3.8, 4) is 0 Å². The molecule has 0 N–H and O–H groups in total. The van der Waals surface area contributed by atoms with Crippen molar-refractivity contribution >= 4 is 33.7 Å². The number of ketones is 1. The van der Waals surface area contributed by atoms with E-state index in [0.29, 0.717) is 5.56 Å². The van der Waals surface area contributed by atoms with Crippen molar-refractivity contribution in [3.63, 3.8) is 0 Å². The van der Waals surface area contributed by atoms with Gasteiger partial charge in [0.25, 0.3) is 0 Å². The van der Waals surface area contributed by atoms with Crippen LogP contribution in [0.2, 0.25) is 0 Å². The number of nitro groups is 1. The maximum atomic E-state index is 11.8. The SMILES string of the molecule is O=C(C=Cc1ccc([N+](=O)[O-])o1)c1ccc(Br)cc1. The summed E-state index contributed by atoms with van der Waals surface area (Å²) >= 11 is 3.28. The van der Waals surface area contributed by atoms with Crippen LogP contribution in [0.5, 0.6) is 0 Å². The topological polar surface area (TPSA) is 73.3 Å². The van der Waals surface area contributed by atoms with E-state index in [-0.39, 0.29) is 17.4 Å². The zero-order chi connectivity index (χ0) is 13.8. The van der Waals surface area contributed by atoms with Crippen LogP contribution >= 0.6 is 15.9 Å². The predicted octanol–water partition coefficient (Wildman–Crippen LogP) is 3.85. The van der Waals surface area contributed by atoms with Gasteiger partial charge in [0.1, 0.15) is 10.7 Å². The Morgan fingerprint density at radius 2 is 1.89 bits per heavy atom. The van der Waals surface area contributed by atoms with Gasteiger partial charge in [0.2, 0.25) is 0 Å². The van der Waals surface area contributed by atoms with Crippen LogP contribution in [0.4, 0.5) is 5.88 Å². The van der Waals surface area contributed by atoms with Crippen LogP contribution in [0.25, 0.3) is 6.08 Å². The number of carbonyl (C=O) groups is 1. The molecule has 0 amide bonds. The first-order valence-corrected chi connectivity index (χ1v) is 6.08. The van der Waals surface area contributed by atoms with Gasteiger partial charge in [0.05, 0.1) is 6.07 Å². The molecule has 96 valence electrons. The Bertz CT molecular complexity index is 643. The molecular weight excluding hydrogens is 314 g/mol. The van der Waals surface area contributed by atoms with E-state index in [2.05, 4.69) is 15.9 Å². The molecule has 1 aromatic heterocycles. The summed E-state index contributed by atoms with van der Waals surface area (Å²) in [6.45, 7) is 0. The molecule has 5 nitrogen and oxygen atoms in total. The molecule has 2 aromatic rings. The summed E-state index contributed by atoms with van der Waals surface area (Å²) in [6, 6.07) is 9.56. The number of halogens is 1.